The second-order valence-electron chi connectivity index (χ2n) is 21.9. The molecule has 4 aliphatic heterocycles. The summed E-state index contributed by atoms with van der Waals surface area (Å²) in [6.07, 6.45) is 6.43. The molecular weight excluding hydrogens is 839 g/mol. The van der Waals surface area contributed by atoms with Gasteiger partial charge in [-0.15, -0.1) is 5.54 Å². The summed E-state index contributed by atoms with van der Waals surface area (Å²) in [6, 6.07) is 8.56. The van der Waals surface area contributed by atoms with E-state index in [0.29, 0.717) is 58.0 Å². The van der Waals surface area contributed by atoms with Gasteiger partial charge in [-0.1, -0.05) is 78.1 Å². The highest BCUT2D eigenvalue weighted by Crippen LogP contribution is 2.50. The molecule has 2 aromatic heterocycles. The number of hydrogen-bond donors (Lipinski definition) is 0. The van der Waals surface area contributed by atoms with Crippen molar-refractivity contribution in [3.8, 4) is 34.6 Å². The summed E-state index contributed by atoms with van der Waals surface area (Å²) >= 11 is 0. The molecule has 3 saturated heterocycles. The number of piperidine rings is 1. The topological polar surface area (TPSA) is 93.2 Å². The van der Waals surface area contributed by atoms with Gasteiger partial charge in [0.1, 0.15) is 48.0 Å². The van der Waals surface area contributed by atoms with E-state index >= 15 is 8.78 Å². The summed E-state index contributed by atoms with van der Waals surface area (Å²) in [4.78, 5) is 35.6. The van der Waals surface area contributed by atoms with Gasteiger partial charge in [-0.3, -0.25) is 9.80 Å². The van der Waals surface area contributed by atoms with Crippen LogP contribution >= 0.6 is 0 Å². The number of aromatic nitrogens is 3. The van der Waals surface area contributed by atoms with Gasteiger partial charge in [0.25, 0.3) is 0 Å². The minimum atomic E-state index is -2.28. The predicted molar refractivity (Wildman–Crippen MR) is 256 cm³/mol. The molecule has 0 radical (unpaired) electrons. The van der Waals surface area contributed by atoms with Crippen LogP contribution in [0.4, 0.5) is 19.4 Å². The first-order valence-electron chi connectivity index (χ1n) is 24.3. The molecule has 65 heavy (non-hydrogen) atoms. The van der Waals surface area contributed by atoms with Gasteiger partial charge in [0.2, 0.25) is 5.88 Å². The Labute approximate surface area is 385 Å². The second-order valence-corrected chi connectivity index (χ2v) is 27.4. The van der Waals surface area contributed by atoms with Crippen LogP contribution in [0.2, 0.25) is 16.6 Å². The number of pyridine rings is 1. The average Bonchev–Trinajstić information content (AvgIpc) is 3.96. The SMILES string of the molecule is CC(C)[Si](C#Cc1c(F)ccc2cccc(-c3nc4c5c(nc(OCC6(CN7CCCC[C@@H]7C)CC6)nc5c3F)N3C[C@H]5CC[C@@H]([C@H]3[C@H](C)O4)N5C(=O)OC(C)(C)C)c12)(C(C)C)C(C)C. The summed E-state index contributed by atoms with van der Waals surface area (Å²) in [5.74, 6) is 2.92. The number of carbonyl (C=O) groups excluding carboxylic acids is 1. The lowest BCUT2D eigenvalue weighted by atomic mass is 9.96. The molecule has 2 bridgehead atoms. The number of ether oxygens (including phenoxy) is 3. The van der Waals surface area contributed by atoms with Crippen molar-refractivity contribution >= 4 is 41.7 Å². The molecule has 13 heteroatoms. The third-order valence-corrected chi connectivity index (χ3v) is 21.8. The Morgan fingerprint density at radius 1 is 0.954 bits per heavy atom. The Morgan fingerprint density at radius 3 is 2.37 bits per heavy atom. The Morgan fingerprint density at radius 2 is 1.69 bits per heavy atom. The molecule has 1 saturated carbocycles. The van der Waals surface area contributed by atoms with Gasteiger partial charge in [-0.2, -0.15) is 9.97 Å². The first-order chi connectivity index (χ1) is 30.8. The van der Waals surface area contributed by atoms with E-state index in [1.807, 2.05) is 44.7 Å². The maximum Gasteiger partial charge on any atom is 0.410 e. The van der Waals surface area contributed by atoms with Crippen LogP contribution in [0.5, 0.6) is 11.9 Å². The predicted octanol–water partition coefficient (Wildman–Crippen LogP) is 11.5. The minimum Gasteiger partial charge on any atom is -0.472 e. The van der Waals surface area contributed by atoms with Crippen LogP contribution in [0, 0.1) is 28.5 Å². The summed E-state index contributed by atoms with van der Waals surface area (Å²) < 4.78 is 53.9. The standard InChI is InChI=1S/C52H68F2N6O4Si/c1-30(2)65(31(3)4,32(5)6)26-22-37-39(53)20-18-35-16-14-17-38(41(35)37)44-43(54)45-42-47(57-49(56-45)62-29-52(23-24-52)28-58-25-13-12-15-33(58)7)59-27-36-19-21-40(46(59)34(8)63-48(42)55-44)60(36)50(61)64-51(9,10)11/h14,16-18,20,30-34,36,40,46H,12-13,15,19,21,23-25,27-29H2,1-11H3/t33-,34-,36+,40-,46+/m0/s1. The van der Waals surface area contributed by atoms with Crippen molar-refractivity contribution in [1.29, 1.82) is 0 Å². The van der Waals surface area contributed by atoms with Gasteiger partial charge < -0.3 is 19.1 Å². The molecule has 0 unspecified atom stereocenters. The molecule has 4 fully saturated rings. The molecule has 348 valence electrons. The van der Waals surface area contributed by atoms with Crippen molar-refractivity contribution < 1.29 is 27.8 Å². The lowest BCUT2D eigenvalue weighted by molar-refractivity contribution is 0.000934. The van der Waals surface area contributed by atoms with Crippen molar-refractivity contribution in [2.75, 3.05) is 31.1 Å². The summed E-state index contributed by atoms with van der Waals surface area (Å²) in [5.41, 5.74) is 4.69. The fourth-order valence-corrected chi connectivity index (χ4v) is 17.3. The normalized spacial score (nSPS) is 24.0. The lowest BCUT2D eigenvalue weighted by Crippen LogP contribution is -2.65. The van der Waals surface area contributed by atoms with Crippen LogP contribution < -0.4 is 14.4 Å². The Bertz CT molecular complexity index is 2540. The van der Waals surface area contributed by atoms with Gasteiger partial charge in [0.05, 0.1) is 30.3 Å². The smallest absolute Gasteiger partial charge is 0.410 e. The van der Waals surface area contributed by atoms with E-state index in [9.17, 15) is 4.79 Å². The zero-order valence-electron chi connectivity index (χ0n) is 40.4. The van der Waals surface area contributed by atoms with Crippen LogP contribution in [-0.2, 0) is 4.74 Å². The first kappa shape index (κ1) is 45.6. The highest BCUT2D eigenvalue weighted by molar-refractivity contribution is 6.90. The molecule has 0 N–H and O–H groups in total. The third-order valence-electron chi connectivity index (χ3n) is 15.5. The first-order valence-corrected chi connectivity index (χ1v) is 26.5. The molecule has 10 nitrogen and oxygen atoms in total. The minimum absolute atomic E-state index is 0.0100. The maximum atomic E-state index is 18.0. The van der Waals surface area contributed by atoms with E-state index < -0.39 is 31.4 Å². The molecule has 1 aliphatic carbocycles. The van der Waals surface area contributed by atoms with E-state index in [2.05, 4.69) is 69.7 Å². The van der Waals surface area contributed by atoms with Gasteiger partial charge in [0.15, 0.2) is 5.82 Å². The van der Waals surface area contributed by atoms with Crippen molar-refractivity contribution in [3.63, 3.8) is 0 Å². The number of halogens is 2. The Kier molecular flexibility index (Phi) is 11.9. The van der Waals surface area contributed by atoms with Crippen LogP contribution in [0.1, 0.15) is 127 Å². The molecule has 4 aromatic rings. The van der Waals surface area contributed by atoms with Gasteiger partial charge in [-0.25, -0.2) is 18.6 Å². The van der Waals surface area contributed by atoms with E-state index in [-0.39, 0.29) is 58.3 Å². The molecule has 5 aliphatic rings. The summed E-state index contributed by atoms with van der Waals surface area (Å²) in [7, 11) is -2.28. The molecule has 6 heterocycles. The number of fused-ring (bicyclic) bond motifs is 6. The number of benzene rings is 2. The zero-order valence-corrected chi connectivity index (χ0v) is 41.4. The van der Waals surface area contributed by atoms with Crippen molar-refractivity contribution in [3.05, 3.63) is 47.5 Å². The second kappa shape index (κ2) is 17.0. The van der Waals surface area contributed by atoms with Gasteiger partial charge in [0, 0.05) is 35.5 Å². The van der Waals surface area contributed by atoms with Crippen LogP contribution in [0.3, 0.4) is 0 Å². The molecular formula is C52H68F2N6O4Si. The van der Waals surface area contributed by atoms with Crippen LogP contribution in [0.25, 0.3) is 32.9 Å². The molecule has 0 spiro atoms. The van der Waals surface area contributed by atoms with E-state index in [4.69, 9.17) is 29.2 Å². The molecule has 1 amide bonds. The number of hydrogen-bond acceptors (Lipinski definition) is 9. The Hall–Kier alpha value is -4.54. The van der Waals surface area contributed by atoms with E-state index in [1.165, 1.54) is 25.3 Å². The van der Waals surface area contributed by atoms with Crippen molar-refractivity contribution in [2.45, 2.75) is 174 Å². The number of amides is 1. The highest BCUT2D eigenvalue weighted by atomic mass is 28.3. The summed E-state index contributed by atoms with van der Waals surface area (Å²) in [6.45, 7) is 26.2. The average molecular weight is 907 g/mol. The van der Waals surface area contributed by atoms with Crippen LogP contribution in [0.15, 0.2) is 30.3 Å². The van der Waals surface area contributed by atoms with E-state index in [0.717, 1.165) is 44.2 Å². The van der Waals surface area contributed by atoms with Crippen molar-refractivity contribution in [1.82, 2.24) is 24.8 Å². The van der Waals surface area contributed by atoms with Crippen LogP contribution in [-0.4, -0.2) is 101 Å². The highest BCUT2D eigenvalue weighted by Gasteiger charge is 2.54. The molecule has 2 aromatic carbocycles. The number of nitrogens with zero attached hydrogens (tertiary/aromatic N) is 6. The third kappa shape index (κ3) is 8.12. The van der Waals surface area contributed by atoms with Crippen molar-refractivity contribution in [2.24, 2.45) is 5.41 Å². The van der Waals surface area contributed by atoms with Gasteiger partial charge >= 0.3 is 12.1 Å². The number of likely N-dealkylation sites (tertiary alicyclic amines) is 1. The number of piperazine rings is 1. The maximum absolute atomic E-state index is 18.0. The fourth-order valence-electron chi connectivity index (χ4n) is 12.1. The summed E-state index contributed by atoms with van der Waals surface area (Å²) in [5, 5.41) is 1.57. The van der Waals surface area contributed by atoms with Gasteiger partial charge in [-0.05, 0) is 108 Å². The molecule has 5 atom stereocenters. The number of rotatable bonds is 9. The monoisotopic (exact) mass is 907 g/mol. The largest absolute Gasteiger partial charge is 0.472 e. The number of anilines is 1. The Balaban J connectivity index is 1.20. The molecule has 9 rings (SSSR count). The lowest BCUT2D eigenvalue weighted by Gasteiger charge is -2.48. The zero-order chi connectivity index (χ0) is 46.3. The quantitative estimate of drug-likeness (QED) is 0.120. The van der Waals surface area contributed by atoms with E-state index in [1.54, 1.807) is 12.1 Å². The number of carbonyl (C=O) groups is 1. The fraction of sp³-hybridized carbons (Fsp3) is 0.615.